The molecule has 0 saturated carbocycles. The van der Waals surface area contributed by atoms with E-state index in [0.29, 0.717) is 8.95 Å². The molecule has 0 aliphatic rings. The van der Waals surface area contributed by atoms with Crippen LogP contribution in [0, 0.1) is 10.1 Å². The van der Waals surface area contributed by atoms with Crippen molar-refractivity contribution < 1.29 is 19.9 Å². The second kappa shape index (κ2) is 7.41. The fourth-order valence-corrected chi connectivity index (χ4v) is 2.94. The van der Waals surface area contributed by atoms with Gasteiger partial charge in [-0.3, -0.25) is 14.9 Å². The normalized spacial score (nSPS) is 10.8. The molecular formula is C14H9Br2N3O5. The van der Waals surface area contributed by atoms with Gasteiger partial charge >= 0.3 is 0 Å². The van der Waals surface area contributed by atoms with Gasteiger partial charge in [0.05, 0.1) is 21.2 Å². The van der Waals surface area contributed by atoms with E-state index in [0.717, 1.165) is 24.4 Å². The van der Waals surface area contributed by atoms with Gasteiger partial charge in [-0.05, 0) is 34.1 Å². The van der Waals surface area contributed by atoms with Gasteiger partial charge in [-0.15, -0.1) is 0 Å². The van der Waals surface area contributed by atoms with Crippen LogP contribution < -0.4 is 5.43 Å². The van der Waals surface area contributed by atoms with Crippen LogP contribution in [0.5, 0.6) is 11.5 Å². The van der Waals surface area contributed by atoms with Crippen LogP contribution >= 0.6 is 31.9 Å². The Bertz CT molecular complexity index is 855. The summed E-state index contributed by atoms with van der Waals surface area (Å²) < 4.78 is 0.889. The lowest BCUT2D eigenvalue weighted by Gasteiger charge is -2.06. The molecule has 0 radical (unpaired) electrons. The smallest absolute Gasteiger partial charge is 0.275 e. The van der Waals surface area contributed by atoms with Crippen molar-refractivity contribution in [2.24, 2.45) is 5.10 Å². The maximum Gasteiger partial charge on any atom is 0.275 e. The van der Waals surface area contributed by atoms with Crippen molar-refractivity contribution in [1.29, 1.82) is 0 Å². The molecule has 0 aliphatic carbocycles. The highest BCUT2D eigenvalue weighted by molar-refractivity contribution is 9.11. The number of carbonyl (C=O) groups excluding carboxylic acids is 1. The average molecular weight is 459 g/mol. The molecule has 124 valence electrons. The molecule has 0 aliphatic heterocycles. The van der Waals surface area contributed by atoms with Crippen LogP contribution in [0.15, 0.2) is 44.4 Å². The second-order valence-electron chi connectivity index (χ2n) is 4.48. The van der Waals surface area contributed by atoms with Crippen molar-refractivity contribution >= 4 is 49.7 Å². The lowest BCUT2D eigenvalue weighted by Crippen LogP contribution is -2.18. The minimum absolute atomic E-state index is 0.0309. The predicted octanol–water partition coefficient (Wildman–Crippen LogP) is 3.29. The minimum Gasteiger partial charge on any atom is -0.507 e. The molecule has 2 aromatic carbocycles. The first-order valence-corrected chi connectivity index (χ1v) is 7.87. The maximum absolute atomic E-state index is 12.0. The van der Waals surface area contributed by atoms with Crippen molar-refractivity contribution in [3.05, 3.63) is 60.5 Å². The topological polar surface area (TPSA) is 125 Å². The Hall–Kier alpha value is -2.46. The van der Waals surface area contributed by atoms with Gasteiger partial charge in [0.2, 0.25) is 0 Å². The number of nitrogens with one attached hydrogen (secondary N) is 1. The summed E-state index contributed by atoms with van der Waals surface area (Å²) in [4.78, 5) is 22.1. The summed E-state index contributed by atoms with van der Waals surface area (Å²) in [6.07, 6.45) is 1.06. The number of non-ortho nitro benzene ring substituents is 1. The quantitative estimate of drug-likeness (QED) is 0.368. The number of hydrazone groups is 1. The standard InChI is InChI=1S/C14H9Br2N3O5/c15-8-4-10(13(21)11(16)5-8)14(22)18-17-6-7-3-9(19(23)24)1-2-12(7)20/h1-6,20-21H,(H,18,22). The number of phenolic OH excluding ortho intramolecular Hbond substituents is 2. The molecule has 2 aromatic rings. The minimum atomic E-state index is -0.698. The number of amides is 1. The Morgan fingerprint density at radius 1 is 1.25 bits per heavy atom. The third-order valence-corrected chi connectivity index (χ3v) is 3.93. The molecule has 0 aromatic heterocycles. The van der Waals surface area contributed by atoms with Crippen molar-refractivity contribution in [3.8, 4) is 11.5 Å². The average Bonchev–Trinajstić information content (AvgIpc) is 2.52. The van der Waals surface area contributed by atoms with Crippen molar-refractivity contribution in [3.63, 3.8) is 0 Å². The van der Waals surface area contributed by atoms with E-state index in [2.05, 4.69) is 42.4 Å². The fraction of sp³-hybridized carbons (Fsp3) is 0. The number of carbonyl (C=O) groups is 1. The molecule has 1 amide bonds. The molecule has 0 atom stereocenters. The number of nitro benzene ring substituents is 1. The molecule has 10 heteroatoms. The van der Waals surface area contributed by atoms with E-state index in [1.165, 1.54) is 6.07 Å². The Morgan fingerprint density at radius 3 is 2.62 bits per heavy atom. The van der Waals surface area contributed by atoms with Crippen molar-refractivity contribution in [1.82, 2.24) is 5.43 Å². The van der Waals surface area contributed by atoms with Gasteiger partial charge in [0.25, 0.3) is 11.6 Å². The highest BCUT2D eigenvalue weighted by Crippen LogP contribution is 2.31. The summed E-state index contributed by atoms with van der Waals surface area (Å²) in [6, 6.07) is 6.37. The van der Waals surface area contributed by atoms with E-state index in [4.69, 9.17) is 0 Å². The van der Waals surface area contributed by atoms with Gasteiger partial charge in [0, 0.05) is 22.2 Å². The number of phenols is 2. The van der Waals surface area contributed by atoms with Crippen LogP contribution in [-0.4, -0.2) is 27.3 Å². The van der Waals surface area contributed by atoms with E-state index in [1.807, 2.05) is 0 Å². The maximum atomic E-state index is 12.0. The summed E-state index contributed by atoms with van der Waals surface area (Å²) in [5.74, 6) is -1.19. The summed E-state index contributed by atoms with van der Waals surface area (Å²) in [7, 11) is 0. The number of hydrogen-bond acceptors (Lipinski definition) is 6. The highest BCUT2D eigenvalue weighted by atomic mass is 79.9. The summed E-state index contributed by atoms with van der Waals surface area (Å²) in [5, 5.41) is 33.8. The molecule has 24 heavy (non-hydrogen) atoms. The number of nitro groups is 1. The molecule has 0 unspecified atom stereocenters. The van der Waals surface area contributed by atoms with Gasteiger partial charge in [0.1, 0.15) is 11.5 Å². The third-order valence-electron chi connectivity index (χ3n) is 2.86. The third kappa shape index (κ3) is 4.09. The van der Waals surface area contributed by atoms with Crippen LogP contribution in [0.2, 0.25) is 0 Å². The van der Waals surface area contributed by atoms with Crippen molar-refractivity contribution in [2.75, 3.05) is 0 Å². The SMILES string of the molecule is O=C(NN=Cc1cc([N+](=O)[O-])ccc1O)c1cc(Br)cc(Br)c1O. The van der Waals surface area contributed by atoms with Gasteiger partial charge in [-0.2, -0.15) is 5.10 Å². The second-order valence-corrected chi connectivity index (χ2v) is 6.25. The van der Waals surface area contributed by atoms with E-state index < -0.39 is 10.8 Å². The number of halogens is 2. The Labute approximate surface area is 152 Å². The van der Waals surface area contributed by atoms with E-state index >= 15 is 0 Å². The first-order chi connectivity index (χ1) is 11.3. The number of aromatic hydroxyl groups is 2. The van der Waals surface area contributed by atoms with E-state index in [9.17, 15) is 25.1 Å². The summed E-state index contributed by atoms with van der Waals surface area (Å²) in [5.41, 5.74) is 1.97. The zero-order valence-corrected chi connectivity index (χ0v) is 14.9. The molecule has 0 fully saturated rings. The van der Waals surface area contributed by atoms with Crippen LogP contribution in [-0.2, 0) is 0 Å². The predicted molar refractivity (Wildman–Crippen MR) is 93.3 cm³/mol. The largest absolute Gasteiger partial charge is 0.507 e. The van der Waals surface area contributed by atoms with Crippen LogP contribution in [0.4, 0.5) is 5.69 Å². The lowest BCUT2D eigenvalue weighted by molar-refractivity contribution is -0.384. The molecule has 0 bridgehead atoms. The first-order valence-electron chi connectivity index (χ1n) is 6.28. The fourth-order valence-electron chi connectivity index (χ4n) is 1.72. The first kappa shape index (κ1) is 17.9. The van der Waals surface area contributed by atoms with Gasteiger partial charge in [-0.25, -0.2) is 5.43 Å². The lowest BCUT2D eigenvalue weighted by atomic mass is 10.2. The zero-order chi connectivity index (χ0) is 17.9. The number of hydrogen-bond donors (Lipinski definition) is 3. The van der Waals surface area contributed by atoms with Crippen LogP contribution in [0.1, 0.15) is 15.9 Å². The molecule has 0 heterocycles. The Morgan fingerprint density at radius 2 is 1.96 bits per heavy atom. The molecule has 8 nitrogen and oxygen atoms in total. The van der Waals surface area contributed by atoms with Gasteiger partial charge in [-0.1, -0.05) is 15.9 Å². The summed E-state index contributed by atoms with van der Waals surface area (Å²) >= 11 is 6.30. The zero-order valence-electron chi connectivity index (χ0n) is 11.7. The molecular weight excluding hydrogens is 450 g/mol. The Kier molecular flexibility index (Phi) is 5.52. The number of benzene rings is 2. The molecule has 2 rings (SSSR count). The van der Waals surface area contributed by atoms with E-state index in [1.54, 1.807) is 6.07 Å². The van der Waals surface area contributed by atoms with Gasteiger partial charge in [0.15, 0.2) is 0 Å². The Balaban J connectivity index is 2.19. The molecule has 3 N–H and O–H groups in total. The van der Waals surface area contributed by atoms with E-state index in [-0.39, 0.29) is 28.3 Å². The van der Waals surface area contributed by atoms with Crippen LogP contribution in [0.3, 0.4) is 0 Å². The van der Waals surface area contributed by atoms with Crippen LogP contribution in [0.25, 0.3) is 0 Å². The highest BCUT2D eigenvalue weighted by Gasteiger charge is 2.14. The summed E-state index contributed by atoms with van der Waals surface area (Å²) in [6.45, 7) is 0. The van der Waals surface area contributed by atoms with Crippen molar-refractivity contribution in [2.45, 2.75) is 0 Å². The number of nitrogens with zero attached hydrogens (tertiary/aromatic N) is 2. The molecule has 0 saturated heterocycles. The molecule has 0 spiro atoms. The van der Waals surface area contributed by atoms with Gasteiger partial charge < -0.3 is 10.2 Å². The monoisotopic (exact) mass is 457 g/mol. The number of rotatable bonds is 4.